The number of benzene rings is 1. The largest absolute Gasteiger partial charge is 0.348 e. The van der Waals surface area contributed by atoms with Crippen LogP contribution in [0.4, 0.5) is 0 Å². The Labute approximate surface area is 189 Å². The lowest BCUT2D eigenvalue weighted by atomic mass is 9.97. The normalized spacial score (nSPS) is 14.6. The molecule has 3 aromatic rings. The number of thiophene rings is 1. The van der Waals surface area contributed by atoms with Crippen LogP contribution in [0.25, 0.3) is 15.9 Å². The first kappa shape index (κ1) is 21.4. The minimum absolute atomic E-state index is 0.0201. The lowest BCUT2D eigenvalue weighted by Gasteiger charge is -2.19. The number of aromatic nitrogens is 2. The lowest BCUT2D eigenvalue weighted by molar-refractivity contribution is -0.127. The van der Waals surface area contributed by atoms with Crippen LogP contribution >= 0.6 is 34.7 Å². The van der Waals surface area contributed by atoms with Gasteiger partial charge in [-0.1, -0.05) is 29.4 Å². The topological polar surface area (TPSA) is 55.2 Å². The zero-order valence-corrected chi connectivity index (χ0v) is 19.9. The van der Waals surface area contributed by atoms with Crippen molar-refractivity contribution in [1.29, 1.82) is 0 Å². The molecule has 158 valence electrons. The number of thioether (sulfide) groups is 1. The van der Waals surface area contributed by atoms with Gasteiger partial charge in [0.2, 0.25) is 5.91 Å². The van der Waals surface area contributed by atoms with E-state index in [-0.39, 0.29) is 16.7 Å². The smallest absolute Gasteiger partial charge is 0.267 e. The molecule has 8 heteroatoms. The maximum atomic E-state index is 13.7. The monoisotopic (exact) mass is 461 g/mol. The van der Waals surface area contributed by atoms with E-state index in [0.717, 1.165) is 47.0 Å². The van der Waals surface area contributed by atoms with Gasteiger partial charge in [0.1, 0.15) is 4.83 Å². The molecule has 0 saturated carbocycles. The van der Waals surface area contributed by atoms with Gasteiger partial charge < -0.3 is 4.90 Å². The Balaban J connectivity index is 1.95. The highest BCUT2D eigenvalue weighted by atomic mass is 35.5. The van der Waals surface area contributed by atoms with E-state index in [1.807, 2.05) is 26.0 Å². The molecule has 30 heavy (non-hydrogen) atoms. The average molecular weight is 462 g/mol. The standard InChI is InChI=1S/C22H24ClN3O2S2/c1-12-9-10-14(11-16(12)23)26-21(28)18-15-7-5-6-8-17(15)30-19(18)24-22(26)29-13(2)20(27)25(3)4/h9-11,13H,5-8H2,1-4H3. The number of fused-ring (bicyclic) bond motifs is 3. The molecule has 5 nitrogen and oxygen atoms in total. The van der Waals surface area contributed by atoms with Gasteiger partial charge in [0, 0.05) is 24.0 Å². The Morgan fingerprint density at radius 2 is 2.03 bits per heavy atom. The highest BCUT2D eigenvalue weighted by molar-refractivity contribution is 8.00. The van der Waals surface area contributed by atoms with Crippen molar-refractivity contribution in [2.45, 2.75) is 49.9 Å². The highest BCUT2D eigenvalue weighted by Crippen LogP contribution is 2.36. The van der Waals surface area contributed by atoms with Gasteiger partial charge >= 0.3 is 0 Å². The number of aryl methyl sites for hydroxylation is 3. The van der Waals surface area contributed by atoms with Crippen molar-refractivity contribution >= 4 is 50.8 Å². The van der Waals surface area contributed by atoms with Crippen LogP contribution in [0.15, 0.2) is 28.2 Å². The second-order valence-electron chi connectivity index (χ2n) is 7.85. The molecule has 0 bridgehead atoms. The van der Waals surface area contributed by atoms with Gasteiger partial charge in [-0.2, -0.15) is 0 Å². The first-order valence-corrected chi connectivity index (χ1v) is 12.1. The number of nitrogens with zero attached hydrogens (tertiary/aromatic N) is 3. The summed E-state index contributed by atoms with van der Waals surface area (Å²) in [6, 6.07) is 5.59. The number of carbonyl (C=O) groups is 1. The van der Waals surface area contributed by atoms with Crippen molar-refractivity contribution < 1.29 is 4.79 Å². The molecule has 4 rings (SSSR count). The van der Waals surface area contributed by atoms with Gasteiger partial charge in [-0.25, -0.2) is 4.98 Å². The molecule has 1 unspecified atom stereocenters. The van der Waals surface area contributed by atoms with Crippen molar-refractivity contribution in [1.82, 2.24) is 14.5 Å². The number of carbonyl (C=O) groups excluding carboxylic acids is 1. The molecule has 0 N–H and O–H groups in total. The molecular weight excluding hydrogens is 438 g/mol. The Hall–Kier alpha value is -1.83. The van der Waals surface area contributed by atoms with Crippen LogP contribution in [0, 0.1) is 6.92 Å². The van der Waals surface area contributed by atoms with Crippen molar-refractivity contribution in [3.8, 4) is 5.69 Å². The summed E-state index contributed by atoms with van der Waals surface area (Å²) in [5.74, 6) is -0.0201. The zero-order valence-electron chi connectivity index (χ0n) is 17.5. The Bertz CT molecular complexity index is 1200. The molecule has 2 aromatic heterocycles. The van der Waals surface area contributed by atoms with Gasteiger partial charge in [0.25, 0.3) is 5.56 Å². The first-order valence-electron chi connectivity index (χ1n) is 9.99. The van der Waals surface area contributed by atoms with Crippen LogP contribution < -0.4 is 5.56 Å². The van der Waals surface area contributed by atoms with Crippen LogP contribution in [0.3, 0.4) is 0 Å². The molecule has 0 radical (unpaired) electrons. The summed E-state index contributed by atoms with van der Waals surface area (Å²) < 4.78 is 1.62. The maximum Gasteiger partial charge on any atom is 0.267 e. The molecule has 2 heterocycles. The minimum Gasteiger partial charge on any atom is -0.348 e. The molecule has 1 amide bonds. The maximum absolute atomic E-state index is 13.7. The van der Waals surface area contributed by atoms with Gasteiger partial charge in [0.05, 0.1) is 16.3 Å². The molecule has 0 fully saturated rings. The minimum atomic E-state index is -0.369. The molecule has 0 aliphatic heterocycles. The van der Waals surface area contributed by atoms with E-state index in [9.17, 15) is 9.59 Å². The van der Waals surface area contributed by atoms with Crippen LogP contribution in [0.1, 0.15) is 35.8 Å². The Morgan fingerprint density at radius 3 is 2.73 bits per heavy atom. The summed E-state index contributed by atoms with van der Waals surface area (Å²) in [6.07, 6.45) is 4.17. The van der Waals surface area contributed by atoms with Crippen molar-refractivity contribution in [3.63, 3.8) is 0 Å². The van der Waals surface area contributed by atoms with E-state index in [1.54, 1.807) is 41.0 Å². The van der Waals surface area contributed by atoms with Gasteiger partial charge in [-0.05, 0) is 62.8 Å². The van der Waals surface area contributed by atoms with E-state index in [4.69, 9.17) is 16.6 Å². The summed E-state index contributed by atoms with van der Waals surface area (Å²) in [4.78, 5) is 34.7. The third kappa shape index (κ3) is 3.79. The fourth-order valence-corrected chi connectivity index (χ4v) is 6.34. The quantitative estimate of drug-likeness (QED) is 0.411. The number of amides is 1. The number of rotatable bonds is 4. The third-order valence-corrected chi connectivity index (χ3v) is 8.08. The van der Waals surface area contributed by atoms with Gasteiger partial charge in [-0.3, -0.25) is 14.2 Å². The fraction of sp³-hybridized carbons (Fsp3) is 0.409. The van der Waals surface area contributed by atoms with E-state index < -0.39 is 0 Å². The van der Waals surface area contributed by atoms with E-state index in [1.165, 1.54) is 16.6 Å². The second kappa shape index (κ2) is 8.36. The SMILES string of the molecule is Cc1ccc(-n2c(SC(C)C(=O)N(C)C)nc3sc4c(c3c2=O)CCCC4)cc1Cl. The predicted molar refractivity (Wildman–Crippen MR) is 126 cm³/mol. The molecule has 1 atom stereocenters. The summed E-state index contributed by atoms with van der Waals surface area (Å²) >= 11 is 9.31. The van der Waals surface area contributed by atoms with E-state index in [2.05, 4.69) is 0 Å². The van der Waals surface area contributed by atoms with Crippen LogP contribution in [0.5, 0.6) is 0 Å². The average Bonchev–Trinajstić information content (AvgIpc) is 3.08. The van der Waals surface area contributed by atoms with Crippen LogP contribution in [0.2, 0.25) is 5.02 Å². The van der Waals surface area contributed by atoms with Crippen molar-refractivity contribution in [3.05, 3.63) is 49.6 Å². The second-order valence-corrected chi connectivity index (χ2v) is 10.7. The number of hydrogen-bond donors (Lipinski definition) is 0. The molecule has 1 aliphatic rings. The van der Waals surface area contributed by atoms with Crippen molar-refractivity contribution in [2.75, 3.05) is 14.1 Å². The van der Waals surface area contributed by atoms with E-state index in [0.29, 0.717) is 15.9 Å². The number of halogens is 1. The summed E-state index contributed by atoms with van der Waals surface area (Å²) in [7, 11) is 3.46. The summed E-state index contributed by atoms with van der Waals surface area (Å²) in [5.41, 5.74) is 2.69. The van der Waals surface area contributed by atoms with Gasteiger partial charge in [0.15, 0.2) is 5.16 Å². The molecular formula is C22H24ClN3O2S2. The summed E-state index contributed by atoms with van der Waals surface area (Å²) in [5, 5.41) is 1.47. The fourth-order valence-electron chi connectivity index (χ4n) is 3.79. The van der Waals surface area contributed by atoms with E-state index >= 15 is 0 Å². The van der Waals surface area contributed by atoms with Gasteiger partial charge in [-0.15, -0.1) is 11.3 Å². The Morgan fingerprint density at radius 1 is 1.30 bits per heavy atom. The molecule has 1 aromatic carbocycles. The van der Waals surface area contributed by atoms with Crippen LogP contribution in [-0.2, 0) is 17.6 Å². The highest BCUT2D eigenvalue weighted by Gasteiger charge is 2.25. The third-order valence-electron chi connectivity index (χ3n) is 5.44. The zero-order chi connectivity index (χ0) is 21.6. The predicted octanol–water partition coefficient (Wildman–Crippen LogP) is 4.86. The van der Waals surface area contributed by atoms with Crippen molar-refractivity contribution in [2.24, 2.45) is 0 Å². The molecule has 0 saturated heterocycles. The summed E-state index contributed by atoms with van der Waals surface area (Å²) in [6.45, 7) is 3.77. The lowest BCUT2D eigenvalue weighted by Crippen LogP contribution is -2.31. The van der Waals surface area contributed by atoms with Crippen LogP contribution in [-0.4, -0.2) is 39.7 Å². The Kier molecular flexibility index (Phi) is 5.97. The molecule has 0 spiro atoms. The number of hydrogen-bond acceptors (Lipinski definition) is 5. The molecule has 1 aliphatic carbocycles. The first-order chi connectivity index (χ1) is 14.3.